The van der Waals surface area contributed by atoms with Crippen molar-refractivity contribution in [3.05, 3.63) is 78.3 Å². The number of rotatable bonds is 6. The lowest BCUT2D eigenvalue weighted by molar-refractivity contribution is -0.119. The minimum Gasteiger partial charge on any atom is -0.459 e. The Kier molecular flexibility index (Phi) is 5.34. The zero-order valence-corrected chi connectivity index (χ0v) is 16.4. The first kappa shape index (κ1) is 19.4. The molecule has 1 saturated carbocycles. The van der Waals surface area contributed by atoms with E-state index in [1.165, 1.54) is 6.26 Å². The maximum absolute atomic E-state index is 12.8. The molecule has 3 aromatic rings. The minimum atomic E-state index is -0.353. The Bertz CT molecular complexity index is 1070. The number of furan rings is 1. The number of amides is 3. The van der Waals surface area contributed by atoms with Gasteiger partial charge in [0.15, 0.2) is 5.76 Å². The van der Waals surface area contributed by atoms with Crippen molar-refractivity contribution in [2.75, 3.05) is 22.6 Å². The predicted molar refractivity (Wildman–Crippen MR) is 114 cm³/mol. The van der Waals surface area contributed by atoms with Crippen molar-refractivity contribution in [2.24, 2.45) is 5.92 Å². The number of hydrogen-bond acceptors (Lipinski definition) is 4. The summed E-state index contributed by atoms with van der Waals surface area (Å²) in [5, 5.41) is 5.56. The molecule has 7 heteroatoms. The fourth-order valence-electron chi connectivity index (χ4n) is 3.12. The molecule has 0 atom stereocenters. The number of hydrogen-bond donors (Lipinski definition) is 2. The summed E-state index contributed by atoms with van der Waals surface area (Å²) in [4.78, 5) is 38.8. The molecule has 1 aromatic heterocycles. The summed E-state index contributed by atoms with van der Waals surface area (Å²) in [6.45, 7) is 0. The molecule has 30 heavy (non-hydrogen) atoms. The van der Waals surface area contributed by atoms with Gasteiger partial charge in [-0.05, 0) is 61.4 Å². The van der Waals surface area contributed by atoms with E-state index < -0.39 is 0 Å². The predicted octanol–water partition coefficient (Wildman–Crippen LogP) is 4.16. The third kappa shape index (κ3) is 4.25. The number of carbonyl (C=O) groups excluding carboxylic acids is 3. The van der Waals surface area contributed by atoms with Gasteiger partial charge in [0.05, 0.1) is 17.5 Å². The van der Waals surface area contributed by atoms with Crippen molar-refractivity contribution in [2.45, 2.75) is 12.8 Å². The minimum absolute atomic E-state index is 0.0342. The van der Waals surface area contributed by atoms with Gasteiger partial charge in [-0.2, -0.15) is 0 Å². The summed E-state index contributed by atoms with van der Waals surface area (Å²) in [6, 6.07) is 17.0. The molecule has 0 spiro atoms. The molecule has 1 aliphatic rings. The van der Waals surface area contributed by atoms with E-state index in [1.807, 2.05) is 0 Å². The zero-order valence-electron chi connectivity index (χ0n) is 16.4. The summed E-state index contributed by atoms with van der Waals surface area (Å²) < 4.78 is 5.06. The average Bonchev–Trinajstić information content (AvgIpc) is 3.47. The van der Waals surface area contributed by atoms with Gasteiger partial charge in [-0.25, -0.2) is 0 Å². The van der Waals surface area contributed by atoms with Gasteiger partial charge in [0.2, 0.25) is 5.91 Å². The maximum atomic E-state index is 12.8. The first-order valence-electron chi connectivity index (χ1n) is 9.66. The number of para-hydroxylation sites is 1. The normalized spacial score (nSPS) is 12.8. The maximum Gasteiger partial charge on any atom is 0.291 e. The highest BCUT2D eigenvalue weighted by Gasteiger charge is 2.33. The molecule has 1 aliphatic carbocycles. The summed E-state index contributed by atoms with van der Waals surface area (Å²) in [5.41, 5.74) is 2.14. The van der Waals surface area contributed by atoms with E-state index in [2.05, 4.69) is 10.6 Å². The van der Waals surface area contributed by atoms with Gasteiger partial charge in [0, 0.05) is 24.3 Å². The van der Waals surface area contributed by atoms with Crippen LogP contribution in [0.5, 0.6) is 0 Å². The highest BCUT2D eigenvalue weighted by Crippen LogP contribution is 2.33. The largest absolute Gasteiger partial charge is 0.459 e. The third-order valence-corrected chi connectivity index (χ3v) is 4.91. The van der Waals surface area contributed by atoms with Crippen LogP contribution in [0.2, 0.25) is 0 Å². The van der Waals surface area contributed by atoms with Gasteiger partial charge in [-0.15, -0.1) is 0 Å². The van der Waals surface area contributed by atoms with Crippen LogP contribution in [0.1, 0.15) is 33.8 Å². The van der Waals surface area contributed by atoms with Gasteiger partial charge >= 0.3 is 0 Å². The van der Waals surface area contributed by atoms with Crippen LogP contribution in [0, 0.1) is 5.92 Å². The molecule has 2 N–H and O–H groups in total. The van der Waals surface area contributed by atoms with Crippen LogP contribution in [0.3, 0.4) is 0 Å². The van der Waals surface area contributed by atoms with Crippen molar-refractivity contribution in [1.82, 2.24) is 0 Å². The van der Waals surface area contributed by atoms with Crippen LogP contribution in [0.4, 0.5) is 17.1 Å². The van der Waals surface area contributed by atoms with Crippen LogP contribution in [0.15, 0.2) is 71.3 Å². The van der Waals surface area contributed by atoms with Crippen LogP contribution in [-0.2, 0) is 4.79 Å². The monoisotopic (exact) mass is 403 g/mol. The van der Waals surface area contributed by atoms with E-state index in [0.29, 0.717) is 22.6 Å². The summed E-state index contributed by atoms with van der Waals surface area (Å²) in [6.07, 6.45) is 3.24. The van der Waals surface area contributed by atoms with E-state index >= 15 is 0 Å². The number of anilines is 3. The number of benzene rings is 2. The number of carbonyl (C=O) groups is 3. The Hall–Kier alpha value is -3.87. The number of nitrogens with zero attached hydrogens (tertiary/aromatic N) is 1. The zero-order chi connectivity index (χ0) is 21.1. The summed E-state index contributed by atoms with van der Waals surface area (Å²) in [7, 11) is 1.70. The standard InChI is InChI=1S/C23H21N3O4/c1-26(23(29)15-8-9-15)19-6-3-2-5-18(19)21(27)24-16-10-12-17(13-11-16)25-22(28)20-7-4-14-30-20/h2-7,10-15H,8-9H2,1H3,(H,24,27)(H,25,28). The molecule has 2 aromatic carbocycles. The fourth-order valence-corrected chi connectivity index (χ4v) is 3.12. The van der Waals surface area contributed by atoms with E-state index in [-0.39, 0.29) is 29.4 Å². The molecule has 0 aliphatic heterocycles. The van der Waals surface area contributed by atoms with E-state index in [1.54, 1.807) is 72.6 Å². The van der Waals surface area contributed by atoms with Crippen molar-refractivity contribution in [1.29, 1.82) is 0 Å². The Morgan fingerprint density at radius 1 is 0.867 bits per heavy atom. The average molecular weight is 403 g/mol. The van der Waals surface area contributed by atoms with Crippen molar-refractivity contribution in [3.8, 4) is 0 Å². The molecule has 1 fully saturated rings. The SMILES string of the molecule is CN(C(=O)C1CC1)c1ccccc1C(=O)Nc1ccc(NC(=O)c2ccco2)cc1. The summed E-state index contributed by atoms with van der Waals surface area (Å²) in [5.74, 6) is -0.349. The lowest BCUT2D eigenvalue weighted by Crippen LogP contribution is -2.29. The van der Waals surface area contributed by atoms with Crippen molar-refractivity contribution >= 4 is 34.8 Å². The van der Waals surface area contributed by atoms with Gasteiger partial charge in [0.1, 0.15) is 0 Å². The van der Waals surface area contributed by atoms with Gasteiger partial charge in [0.25, 0.3) is 11.8 Å². The van der Waals surface area contributed by atoms with Gasteiger partial charge < -0.3 is 20.0 Å². The van der Waals surface area contributed by atoms with E-state index in [0.717, 1.165) is 12.8 Å². The van der Waals surface area contributed by atoms with E-state index in [9.17, 15) is 14.4 Å². The Balaban J connectivity index is 1.44. The molecule has 152 valence electrons. The van der Waals surface area contributed by atoms with Crippen molar-refractivity contribution in [3.63, 3.8) is 0 Å². The highest BCUT2D eigenvalue weighted by atomic mass is 16.3. The molecule has 0 radical (unpaired) electrons. The first-order chi connectivity index (χ1) is 14.5. The molecule has 3 amide bonds. The molecule has 7 nitrogen and oxygen atoms in total. The Morgan fingerprint density at radius 2 is 1.50 bits per heavy atom. The van der Waals surface area contributed by atoms with Crippen LogP contribution in [0.25, 0.3) is 0 Å². The second kappa shape index (κ2) is 8.24. The second-order valence-electron chi connectivity index (χ2n) is 7.15. The van der Waals surface area contributed by atoms with Crippen molar-refractivity contribution < 1.29 is 18.8 Å². The molecule has 1 heterocycles. The van der Waals surface area contributed by atoms with Gasteiger partial charge in [-0.3, -0.25) is 14.4 Å². The lowest BCUT2D eigenvalue weighted by Gasteiger charge is -2.20. The first-order valence-corrected chi connectivity index (χ1v) is 9.66. The molecular weight excluding hydrogens is 382 g/mol. The molecule has 0 unspecified atom stereocenters. The lowest BCUT2D eigenvalue weighted by atomic mass is 10.1. The second-order valence-corrected chi connectivity index (χ2v) is 7.15. The molecule has 0 bridgehead atoms. The molecule has 0 saturated heterocycles. The quantitative estimate of drug-likeness (QED) is 0.647. The molecule has 4 rings (SSSR count). The van der Waals surface area contributed by atoms with Crippen LogP contribution < -0.4 is 15.5 Å². The molecular formula is C23H21N3O4. The van der Waals surface area contributed by atoms with Crippen LogP contribution in [-0.4, -0.2) is 24.8 Å². The third-order valence-electron chi connectivity index (χ3n) is 4.91. The fraction of sp³-hybridized carbons (Fsp3) is 0.174. The smallest absolute Gasteiger partial charge is 0.291 e. The number of nitrogens with one attached hydrogen (secondary N) is 2. The highest BCUT2D eigenvalue weighted by molar-refractivity contribution is 6.11. The van der Waals surface area contributed by atoms with Gasteiger partial charge in [-0.1, -0.05) is 12.1 Å². The Labute approximate surface area is 173 Å². The summed E-state index contributed by atoms with van der Waals surface area (Å²) >= 11 is 0. The topological polar surface area (TPSA) is 91.7 Å². The van der Waals surface area contributed by atoms with E-state index in [4.69, 9.17) is 4.42 Å². The van der Waals surface area contributed by atoms with Crippen LogP contribution >= 0.6 is 0 Å². The Morgan fingerprint density at radius 3 is 2.10 bits per heavy atom.